The molecular formula is C41H48N2O16S. The normalized spacial score (nSPS) is 23.9. The Morgan fingerprint density at radius 2 is 1.67 bits per heavy atom. The van der Waals surface area contributed by atoms with Crippen LogP contribution in [-0.2, 0) is 47.9 Å². The van der Waals surface area contributed by atoms with Crippen LogP contribution in [0.1, 0.15) is 71.1 Å². The summed E-state index contributed by atoms with van der Waals surface area (Å²) in [5, 5.41) is 14.7. The highest BCUT2D eigenvalue weighted by molar-refractivity contribution is 7.91. The average Bonchev–Trinajstić information content (AvgIpc) is 3.66. The monoisotopic (exact) mass is 856 g/mol. The van der Waals surface area contributed by atoms with E-state index in [2.05, 4.69) is 9.79 Å². The van der Waals surface area contributed by atoms with Gasteiger partial charge in [0.15, 0.2) is 12.2 Å². The molecule has 3 aromatic rings. The van der Waals surface area contributed by atoms with Crippen molar-refractivity contribution in [2.24, 2.45) is 0 Å². The quantitative estimate of drug-likeness (QED) is 0.0538. The number of carbonyl (C=O) groups excluding carboxylic acids is 3. The molecule has 2 aliphatic heterocycles. The van der Waals surface area contributed by atoms with Gasteiger partial charge in [-0.2, -0.15) is 0 Å². The zero-order valence-electron chi connectivity index (χ0n) is 34.0. The highest BCUT2D eigenvalue weighted by Crippen LogP contribution is 2.52. The SMILES string of the molecule is CC[C@H]1O[C@@]2(C)[C@H](OC(C)=O)[C@@]1(C)O[C@@H](/C=C/C=C/C=C/c1oc(=O)cc(OC)c1C)[C@H]2OC(=O)CCC(=O)OCCCCOc1no[n+]([O-])c1S(=O)(=O)c1ccccc1. The average molecular weight is 857 g/mol. The predicted octanol–water partition coefficient (Wildman–Crippen LogP) is 4.29. The third kappa shape index (κ3) is 10.1. The number of nitrogens with zero attached hydrogens (tertiary/aromatic N) is 2. The maximum absolute atomic E-state index is 13.3. The minimum Gasteiger partial charge on any atom is -0.496 e. The first-order valence-electron chi connectivity index (χ1n) is 19.2. The number of aromatic nitrogens is 2. The van der Waals surface area contributed by atoms with E-state index >= 15 is 0 Å². The molecule has 0 saturated carbocycles. The van der Waals surface area contributed by atoms with E-state index in [-0.39, 0.29) is 42.3 Å². The molecule has 0 aliphatic carbocycles. The number of sulfone groups is 1. The van der Waals surface area contributed by atoms with E-state index < -0.39 is 79.9 Å². The van der Waals surface area contributed by atoms with Crippen LogP contribution in [-0.4, -0.2) is 87.4 Å². The molecule has 60 heavy (non-hydrogen) atoms. The molecule has 6 atom stereocenters. The second-order valence-electron chi connectivity index (χ2n) is 14.2. The van der Waals surface area contributed by atoms with E-state index in [1.165, 1.54) is 44.4 Å². The van der Waals surface area contributed by atoms with E-state index in [0.717, 1.165) is 0 Å². The highest BCUT2D eigenvalue weighted by Gasteiger charge is 2.71. The van der Waals surface area contributed by atoms with Crippen molar-refractivity contribution in [3.05, 3.63) is 93.7 Å². The van der Waals surface area contributed by atoms with E-state index in [0.29, 0.717) is 29.9 Å². The van der Waals surface area contributed by atoms with Crippen LogP contribution in [0.4, 0.5) is 0 Å². The van der Waals surface area contributed by atoms with Crippen molar-refractivity contribution < 1.29 is 69.9 Å². The summed E-state index contributed by atoms with van der Waals surface area (Å²) in [7, 11) is -2.81. The van der Waals surface area contributed by atoms with Gasteiger partial charge < -0.3 is 42.8 Å². The third-order valence-electron chi connectivity index (χ3n) is 9.97. The smallest absolute Gasteiger partial charge is 0.414 e. The summed E-state index contributed by atoms with van der Waals surface area (Å²) in [6.07, 6.45) is 7.04. The molecular weight excluding hydrogens is 809 g/mol. The van der Waals surface area contributed by atoms with Gasteiger partial charge in [0.2, 0.25) is 0 Å². The van der Waals surface area contributed by atoms with Gasteiger partial charge in [-0.05, 0) is 63.1 Å². The summed E-state index contributed by atoms with van der Waals surface area (Å²) < 4.78 is 76.2. The number of allylic oxidation sites excluding steroid dienone is 4. The van der Waals surface area contributed by atoms with Crippen LogP contribution < -0.4 is 20.0 Å². The lowest BCUT2D eigenvalue weighted by Crippen LogP contribution is -2.66. The summed E-state index contributed by atoms with van der Waals surface area (Å²) >= 11 is 0. The van der Waals surface area contributed by atoms with Gasteiger partial charge in [0, 0.05) is 12.5 Å². The highest BCUT2D eigenvalue weighted by atomic mass is 32.2. The molecule has 0 radical (unpaired) electrons. The van der Waals surface area contributed by atoms with Crippen molar-refractivity contribution in [1.82, 2.24) is 5.16 Å². The minimum absolute atomic E-state index is 0.0423. The number of ether oxygens (including phenoxy) is 7. The molecule has 0 spiro atoms. The maximum Gasteiger partial charge on any atom is 0.414 e. The third-order valence-corrected chi connectivity index (χ3v) is 11.7. The standard InChI is InChI=1S/C41H48N2O16S/c1-7-32-40(4)39(54-27(3)44)41(5,58-32)36(30(57-40)20-14-9-8-13-19-29-26(2)31(51-6)25-35(47)55-29)56-34(46)22-21-33(45)52-23-15-16-24-53-37-38(43(48)59-42-37)60(49,50)28-17-11-10-12-18-28/h8-14,17-20,25,30,32,36,39H,7,15-16,21-24H2,1-6H3/b9-8+,19-13+,20-14+/t30-,32+,36+,39+,40-,41+/m0/s1. The number of fused-ring (bicyclic) bond motifs is 2. The summed E-state index contributed by atoms with van der Waals surface area (Å²) in [6.45, 7) is 8.29. The summed E-state index contributed by atoms with van der Waals surface area (Å²) in [4.78, 5) is 49.6. The number of benzene rings is 1. The number of rotatable bonds is 19. The Morgan fingerprint density at radius 1 is 0.967 bits per heavy atom. The molecule has 1 aromatic carbocycles. The topological polar surface area (TPSA) is 233 Å². The lowest BCUT2D eigenvalue weighted by Gasteiger charge is -2.48. The lowest BCUT2D eigenvalue weighted by molar-refractivity contribution is -0.832. The molecule has 2 saturated heterocycles. The minimum atomic E-state index is -4.27. The van der Waals surface area contributed by atoms with Crippen molar-refractivity contribution in [3.63, 3.8) is 0 Å². The van der Waals surface area contributed by atoms with Crippen molar-refractivity contribution in [2.75, 3.05) is 20.3 Å². The van der Waals surface area contributed by atoms with E-state index in [4.69, 9.17) is 37.6 Å². The zero-order valence-corrected chi connectivity index (χ0v) is 34.8. The van der Waals surface area contributed by atoms with Gasteiger partial charge in [-0.25, -0.2) is 13.2 Å². The zero-order chi connectivity index (χ0) is 43.7. The first kappa shape index (κ1) is 45.3. The van der Waals surface area contributed by atoms with Crippen LogP contribution in [0.5, 0.6) is 11.6 Å². The van der Waals surface area contributed by atoms with E-state index in [9.17, 15) is 32.8 Å². The molecule has 0 N–H and O–H groups in total. The van der Waals surface area contributed by atoms with Crippen LogP contribution >= 0.6 is 0 Å². The summed E-state index contributed by atoms with van der Waals surface area (Å²) in [5.74, 6) is -1.76. The van der Waals surface area contributed by atoms with E-state index in [1.807, 2.05) is 6.92 Å². The fraction of sp³-hybridized carbons (Fsp3) is 0.463. The largest absolute Gasteiger partial charge is 0.496 e. The Labute approximate surface area is 346 Å². The van der Waals surface area contributed by atoms with Crippen LogP contribution in [0.15, 0.2) is 90.5 Å². The number of unbranched alkanes of at least 4 members (excludes halogenated alkanes) is 1. The Hall–Kier alpha value is -5.79. The number of hydrogen-bond donors (Lipinski definition) is 0. The lowest BCUT2D eigenvalue weighted by atomic mass is 9.77. The van der Waals surface area contributed by atoms with Gasteiger partial charge >= 0.3 is 34.4 Å². The molecule has 324 valence electrons. The van der Waals surface area contributed by atoms with Gasteiger partial charge in [-0.3, -0.25) is 19.0 Å². The predicted molar refractivity (Wildman–Crippen MR) is 208 cm³/mol. The van der Waals surface area contributed by atoms with Crippen LogP contribution in [0, 0.1) is 12.1 Å². The first-order chi connectivity index (χ1) is 28.5. The molecule has 18 nitrogen and oxygen atoms in total. The van der Waals surface area contributed by atoms with Crippen molar-refractivity contribution in [2.45, 2.75) is 112 Å². The first-order valence-corrected chi connectivity index (χ1v) is 20.6. The summed E-state index contributed by atoms with van der Waals surface area (Å²) in [6, 6.07) is 8.52. The van der Waals surface area contributed by atoms with Crippen molar-refractivity contribution in [3.8, 4) is 11.6 Å². The molecule has 0 unspecified atom stereocenters. The van der Waals surface area contributed by atoms with Gasteiger partial charge in [0.25, 0.3) is 9.84 Å². The Kier molecular flexibility index (Phi) is 14.7. The molecule has 2 aromatic heterocycles. The van der Waals surface area contributed by atoms with Crippen LogP contribution in [0.3, 0.4) is 0 Å². The fourth-order valence-electron chi connectivity index (χ4n) is 7.11. The van der Waals surface area contributed by atoms with Gasteiger partial charge in [-0.1, -0.05) is 55.5 Å². The second-order valence-corrected chi connectivity index (χ2v) is 16.1. The maximum atomic E-state index is 13.3. The number of carbonyl (C=O) groups is 3. The second kappa shape index (κ2) is 19.5. The van der Waals surface area contributed by atoms with Gasteiger partial charge in [-0.15, -0.1) is 0 Å². The van der Waals surface area contributed by atoms with Crippen LogP contribution in [0.25, 0.3) is 6.08 Å². The molecule has 5 rings (SSSR count). The Balaban J connectivity index is 1.16. The Bertz CT molecular complexity index is 2270. The molecule has 2 fully saturated rings. The van der Waals surface area contributed by atoms with Crippen molar-refractivity contribution >= 4 is 33.8 Å². The number of hydrogen-bond acceptors (Lipinski definition) is 17. The molecule has 4 heterocycles. The van der Waals surface area contributed by atoms with E-state index in [1.54, 1.807) is 63.3 Å². The summed E-state index contributed by atoms with van der Waals surface area (Å²) in [5.41, 5.74) is -2.32. The van der Waals surface area contributed by atoms with Crippen molar-refractivity contribution in [1.29, 1.82) is 0 Å². The van der Waals surface area contributed by atoms with Crippen LogP contribution in [0.2, 0.25) is 0 Å². The van der Waals surface area contributed by atoms with Gasteiger partial charge in [0.05, 0.1) is 55.4 Å². The number of esters is 3. The Morgan fingerprint density at radius 3 is 2.37 bits per heavy atom. The molecule has 2 aliphatic rings. The molecule has 2 bridgehead atoms. The van der Waals surface area contributed by atoms with Gasteiger partial charge in [0.1, 0.15) is 28.8 Å². The fourth-order valence-corrected chi connectivity index (χ4v) is 8.41. The number of methoxy groups -OCH3 is 1. The molecule has 0 amide bonds. The molecule has 19 heteroatoms.